The van der Waals surface area contributed by atoms with Crippen molar-refractivity contribution >= 4 is 11.8 Å². The summed E-state index contributed by atoms with van der Waals surface area (Å²) < 4.78 is 7.11. The van der Waals surface area contributed by atoms with Gasteiger partial charge in [0.1, 0.15) is 0 Å². The van der Waals surface area contributed by atoms with E-state index in [0.29, 0.717) is 43.7 Å². The van der Waals surface area contributed by atoms with Crippen molar-refractivity contribution < 1.29 is 14.3 Å². The van der Waals surface area contributed by atoms with E-state index < -0.39 is 0 Å². The third kappa shape index (κ3) is 3.55. The number of amides is 2. The first-order valence-corrected chi connectivity index (χ1v) is 10.5. The Morgan fingerprint density at radius 2 is 1.93 bits per heavy atom. The van der Waals surface area contributed by atoms with Gasteiger partial charge in [-0.1, -0.05) is 6.07 Å². The predicted molar refractivity (Wildman–Crippen MR) is 107 cm³/mol. The molecule has 1 saturated carbocycles. The van der Waals surface area contributed by atoms with Crippen molar-refractivity contribution in [1.29, 1.82) is 0 Å². The minimum Gasteiger partial charge on any atom is -0.381 e. The number of benzene rings is 1. The van der Waals surface area contributed by atoms with Crippen LogP contribution in [0.1, 0.15) is 29.6 Å². The topological polar surface area (TPSA) is 76.5 Å². The lowest BCUT2D eigenvalue weighted by Gasteiger charge is -2.38. The number of fused-ring (bicyclic) bond motifs is 2. The fourth-order valence-electron chi connectivity index (χ4n) is 5.03. The van der Waals surface area contributed by atoms with Crippen LogP contribution in [-0.2, 0) is 9.53 Å². The summed E-state index contributed by atoms with van der Waals surface area (Å²) in [4.78, 5) is 27.7. The van der Waals surface area contributed by atoms with Crippen molar-refractivity contribution in [3.05, 3.63) is 48.3 Å². The molecule has 2 saturated heterocycles. The molecule has 1 aliphatic carbocycles. The molecular formula is C22H26N4O3. The van der Waals surface area contributed by atoms with Gasteiger partial charge in [0.05, 0.1) is 18.2 Å². The van der Waals surface area contributed by atoms with E-state index in [1.165, 1.54) is 0 Å². The Morgan fingerprint density at radius 1 is 1.10 bits per heavy atom. The number of nitrogens with one attached hydrogen (secondary N) is 1. The molecule has 3 fully saturated rings. The molecule has 1 aromatic carbocycles. The van der Waals surface area contributed by atoms with Crippen LogP contribution in [0.15, 0.2) is 42.7 Å². The summed E-state index contributed by atoms with van der Waals surface area (Å²) in [5.74, 6) is 0.830. The number of aromatic nitrogens is 2. The van der Waals surface area contributed by atoms with Crippen molar-refractivity contribution in [2.24, 2.45) is 17.8 Å². The van der Waals surface area contributed by atoms with Gasteiger partial charge in [-0.3, -0.25) is 9.59 Å². The van der Waals surface area contributed by atoms with Crippen LogP contribution in [0.5, 0.6) is 0 Å². The Bertz CT molecular complexity index is 877. The molecule has 2 bridgehead atoms. The van der Waals surface area contributed by atoms with Gasteiger partial charge in [0.2, 0.25) is 5.91 Å². The molecule has 7 heteroatoms. The zero-order valence-corrected chi connectivity index (χ0v) is 16.4. The van der Waals surface area contributed by atoms with Crippen LogP contribution >= 0.6 is 0 Å². The van der Waals surface area contributed by atoms with Crippen LogP contribution in [-0.4, -0.2) is 58.8 Å². The zero-order valence-electron chi connectivity index (χ0n) is 16.4. The molecule has 2 aromatic rings. The van der Waals surface area contributed by atoms with Gasteiger partial charge in [-0.25, -0.2) is 4.68 Å². The van der Waals surface area contributed by atoms with Crippen molar-refractivity contribution in [3.63, 3.8) is 0 Å². The standard InChI is InChI=1S/C22H26N4O3/c27-21(18-7-10-29-14-18)24-20-16-5-6-17(20)13-25(12-16)22(28)15-3-1-4-19(11-15)26-9-2-8-23-26/h1-4,8-9,11,16-18,20H,5-7,10,12-14H2,(H,24,27)/t16-,17+,18?,20?. The summed E-state index contributed by atoms with van der Waals surface area (Å²) in [6, 6.07) is 9.65. The molecule has 7 nitrogen and oxygen atoms in total. The molecule has 2 unspecified atom stereocenters. The minimum absolute atomic E-state index is 0.0147. The minimum atomic E-state index is -0.0147. The van der Waals surface area contributed by atoms with Crippen LogP contribution in [0.3, 0.4) is 0 Å². The quantitative estimate of drug-likeness (QED) is 0.859. The molecule has 3 aliphatic rings. The number of carbonyl (C=O) groups is 2. The SMILES string of the molecule is O=C(NC1[C@@H]2CC[C@H]1CN(C(=O)c1cccc(-n3cccn3)c1)C2)C1CCOC1. The van der Waals surface area contributed by atoms with Crippen molar-refractivity contribution in [3.8, 4) is 5.69 Å². The number of nitrogens with zero attached hydrogens (tertiary/aromatic N) is 3. The van der Waals surface area contributed by atoms with Gasteiger partial charge >= 0.3 is 0 Å². The Hall–Kier alpha value is -2.67. The number of rotatable bonds is 4. The van der Waals surface area contributed by atoms with Gasteiger partial charge in [-0.05, 0) is 55.4 Å². The number of ether oxygens (including phenoxy) is 1. The number of likely N-dealkylation sites (tertiary alicyclic amines) is 1. The van der Waals surface area contributed by atoms with E-state index in [-0.39, 0.29) is 23.8 Å². The van der Waals surface area contributed by atoms with Crippen LogP contribution in [0.25, 0.3) is 5.69 Å². The number of piperidine rings is 1. The van der Waals surface area contributed by atoms with Gasteiger partial charge in [0.15, 0.2) is 0 Å². The summed E-state index contributed by atoms with van der Waals surface area (Å²) in [6.07, 6.45) is 6.53. The normalized spacial score (nSPS) is 28.5. The predicted octanol–water partition coefficient (Wildman–Crippen LogP) is 1.88. The van der Waals surface area contributed by atoms with Gasteiger partial charge in [0, 0.05) is 43.7 Å². The largest absolute Gasteiger partial charge is 0.381 e. The molecule has 1 N–H and O–H groups in total. The monoisotopic (exact) mass is 394 g/mol. The first-order valence-electron chi connectivity index (χ1n) is 10.5. The van der Waals surface area contributed by atoms with Crippen molar-refractivity contribution in [1.82, 2.24) is 20.0 Å². The highest BCUT2D eigenvalue weighted by molar-refractivity contribution is 5.95. The summed E-state index contributed by atoms with van der Waals surface area (Å²) in [5, 5.41) is 7.53. The van der Waals surface area contributed by atoms with E-state index in [9.17, 15) is 9.59 Å². The highest BCUT2D eigenvalue weighted by atomic mass is 16.5. The fourth-order valence-corrected chi connectivity index (χ4v) is 5.03. The van der Waals surface area contributed by atoms with Crippen LogP contribution in [0.4, 0.5) is 0 Å². The van der Waals surface area contributed by atoms with E-state index in [1.54, 1.807) is 10.9 Å². The molecule has 5 rings (SSSR count). The summed E-state index contributed by atoms with van der Waals surface area (Å²) in [5.41, 5.74) is 1.56. The summed E-state index contributed by atoms with van der Waals surface area (Å²) in [7, 11) is 0. The first kappa shape index (κ1) is 18.4. The highest BCUT2D eigenvalue weighted by Gasteiger charge is 2.44. The smallest absolute Gasteiger partial charge is 0.253 e. The average Bonchev–Trinajstić information content (AvgIpc) is 3.49. The Kier molecular flexibility index (Phi) is 4.83. The van der Waals surface area contributed by atoms with Crippen LogP contribution < -0.4 is 5.32 Å². The van der Waals surface area contributed by atoms with E-state index in [2.05, 4.69) is 10.4 Å². The summed E-state index contributed by atoms with van der Waals surface area (Å²) in [6.45, 7) is 2.61. The molecular weight excluding hydrogens is 368 g/mol. The van der Waals surface area contributed by atoms with Gasteiger partial charge in [-0.15, -0.1) is 0 Å². The second kappa shape index (κ2) is 7.63. The molecule has 0 radical (unpaired) electrons. The number of hydrogen-bond acceptors (Lipinski definition) is 4. The molecule has 29 heavy (non-hydrogen) atoms. The summed E-state index contributed by atoms with van der Waals surface area (Å²) >= 11 is 0. The molecule has 2 amide bonds. The Balaban J connectivity index is 1.27. The fraction of sp³-hybridized carbons (Fsp3) is 0.500. The molecule has 1 aromatic heterocycles. The third-order valence-corrected chi connectivity index (χ3v) is 6.59. The van der Waals surface area contributed by atoms with E-state index in [0.717, 1.165) is 24.9 Å². The van der Waals surface area contributed by atoms with Gasteiger partial charge in [0.25, 0.3) is 5.91 Å². The number of hydrogen-bond donors (Lipinski definition) is 1. The second-order valence-electron chi connectivity index (χ2n) is 8.40. The second-order valence-corrected chi connectivity index (χ2v) is 8.40. The molecule has 152 valence electrons. The lowest BCUT2D eigenvalue weighted by Crippen LogP contribution is -2.54. The Morgan fingerprint density at radius 3 is 2.62 bits per heavy atom. The number of carbonyl (C=O) groups excluding carboxylic acids is 2. The van der Waals surface area contributed by atoms with Gasteiger partial charge in [-0.2, -0.15) is 5.10 Å². The van der Waals surface area contributed by atoms with E-state index in [1.807, 2.05) is 41.4 Å². The highest BCUT2D eigenvalue weighted by Crippen LogP contribution is 2.37. The molecule has 4 atom stereocenters. The van der Waals surface area contributed by atoms with E-state index >= 15 is 0 Å². The first-order chi connectivity index (χ1) is 14.2. The maximum Gasteiger partial charge on any atom is 0.253 e. The maximum absolute atomic E-state index is 13.2. The Labute approximate surface area is 170 Å². The third-order valence-electron chi connectivity index (χ3n) is 6.59. The zero-order chi connectivity index (χ0) is 19.8. The van der Waals surface area contributed by atoms with Crippen LogP contribution in [0.2, 0.25) is 0 Å². The lowest BCUT2D eigenvalue weighted by molar-refractivity contribution is -0.126. The van der Waals surface area contributed by atoms with Crippen molar-refractivity contribution in [2.75, 3.05) is 26.3 Å². The average molecular weight is 394 g/mol. The van der Waals surface area contributed by atoms with Crippen LogP contribution in [0, 0.1) is 17.8 Å². The maximum atomic E-state index is 13.2. The molecule has 0 spiro atoms. The van der Waals surface area contributed by atoms with Crippen molar-refractivity contribution in [2.45, 2.75) is 25.3 Å². The lowest BCUT2D eigenvalue weighted by atomic mass is 9.91. The molecule has 3 heterocycles. The van der Waals surface area contributed by atoms with Gasteiger partial charge < -0.3 is 15.0 Å². The molecule has 2 aliphatic heterocycles. The van der Waals surface area contributed by atoms with E-state index in [4.69, 9.17) is 4.74 Å².